The second kappa shape index (κ2) is 11.9. The van der Waals surface area contributed by atoms with Crippen LogP contribution in [0, 0.1) is 13.8 Å². The van der Waals surface area contributed by atoms with Gasteiger partial charge in [-0.1, -0.05) is 72.3 Å². The van der Waals surface area contributed by atoms with E-state index >= 15 is 0 Å². The molecule has 2 amide bonds. The number of aromatic nitrogens is 2. The second-order valence-electron chi connectivity index (χ2n) is 10.7. The number of carbonyl (C=O) groups excluding carboxylic acids is 2. The minimum Gasteiger partial charge on any atom is -0.376 e. The molecule has 3 heterocycles. The minimum absolute atomic E-state index is 0.0260. The third kappa shape index (κ3) is 5.67. The smallest absolute Gasteiger partial charge is 0.240 e. The zero-order chi connectivity index (χ0) is 28.3. The van der Waals surface area contributed by atoms with Gasteiger partial charge in [-0.15, -0.1) is 11.8 Å². The van der Waals surface area contributed by atoms with Crippen molar-refractivity contribution in [3.8, 4) is 16.9 Å². The summed E-state index contributed by atoms with van der Waals surface area (Å²) in [5, 5.41) is 8.03. The SMILES string of the molecule is Cc1ccc(-n2nc(-c3ccccc3)c3c2N(CC(=O)NC[C@H]2CCCO2)C(=O)CS[C@H]3c2ccccc2C)cc1. The van der Waals surface area contributed by atoms with Gasteiger partial charge in [-0.2, -0.15) is 5.10 Å². The molecule has 8 heteroatoms. The molecule has 210 valence electrons. The predicted molar refractivity (Wildman–Crippen MR) is 164 cm³/mol. The largest absolute Gasteiger partial charge is 0.376 e. The molecular formula is C33H34N4O3S. The Bertz CT molecular complexity index is 1540. The number of anilines is 1. The number of benzene rings is 3. The Balaban J connectivity index is 1.52. The van der Waals surface area contributed by atoms with E-state index in [2.05, 4.69) is 24.4 Å². The quantitative estimate of drug-likeness (QED) is 0.314. The van der Waals surface area contributed by atoms with E-state index in [1.165, 1.54) is 0 Å². The number of hydrogen-bond donors (Lipinski definition) is 1. The minimum atomic E-state index is -0.211. The summed E-state index contributed by atoms with van der Waals surface area (Å²) in [5.74, 6) is 0.558. The molecule has 7 nitrogen and oxygen atoms in total. The van der Waals surface area contributed by atoms with Crippen LogP contribution in [-0.2, 0) is 14.3 Å². The summed E-state index contributed by atoms with van der Waals surface area (Å²) >= 11 is 1.59. The molecule has 4 aromatic rings. The maximum Gasteiger partial charge on any atom is 0.240 e. The number of carbonyl (C=O) groups is 2. The van der Waals surface area contributed by atoms with Gasteiger partial charge < -0.3 is 10.1 Å². The van der Waals surface area contributed by atoms with Gasteiger partial charge in [0.1, 0.15) is 12.4 Å². The van der Waals surface area contributed by atoms with Crippen LogP contribution in [0.4, 0.5) is 5.82 Å². The zero-order valence-electron chi connectivity index (χ0n) is 23.4. The number of rotatable bonds is 7. The summed E-state index contributed by atoms with van der Waals surface area (Å²) in [6, 6.07) is 26.5. The Kier molecular flexibility index (Phi) is 7.94. The van der Waals surface area contributed by atoms with Crippen molar-refractivity contribution >= 4 is 29.4 Å². The van der Waals surface area contributed by atoms with Gasteiger partial charge in [0, 0.05) is 24.3 Å². The van der Waals surface area contributed by atoms with Crippen molar-refractivity contribution in [1.29, 1.82) is 0 Å². The van der Waals surface area contributed by atoms with Gasteiger partial charge in [0.15, 0.2) is 0 Å². The van der Waals surface area contributed by atoms with Gasteiger partial charge in [-0.05, 0) is 49.9 Å². The maximum atomic E-state index is 13.9. The lowest BCUT2D eigenvalue weighted by Gasteiger charge is -2.24. The Morgan fingerprint density at radius 3 is 2.51 bits per heavy atom. The number of aryl methyl sites for hydroxylation is 2. The lowest BCUT2D eigenvalue weighted by Crippen LogP contribution is -2.44. The van der Waals surface area contributed by atoms with E-state index < -0.39 is 0 Å². The molecule has 2 atom stereocenters. The second-order valence-corrected chi connectivity index (χ2v) is 11.8. The fourth-order valence-corrected chi connectivity index (χ4v) is 6.85. The number of thioether (sulfide) groups is 1. The number of ether oxygens (including phenoxy) is 1. The first-order valence-corrected chi connectivity index (χ1v) is 15.2. The normalized spacial score (nSPS) is 18.7. The van der Waals surface area contributed by atoms with Crippen molar-refractivity contribution in [3.63, 3.8) is 0 Å². The van der Waals surface area contributed by atoms with Crippen LogP contribution in [0.3, 0.4) is 0 Å². The summed E-state index contributed by atoms with van der Waals surface area (Å²) in [7, 11) is 0. The molecule has 0 saturated carbocycles. The lowest BCUT2D eigenvalue weighted by molar-refractivity contribution is -0.123. The van der Waals surface area contributed by atoms with E-state index in [-0.39, 0.29) is 35.5 Å². The molecule has 1 saturated heterocycles. The van der Waals surface area contributed by atoms with Crippen LogP contribution < -0.4 is 10.2 Å². The van der Waals surface area contributed by atoms with Crippen molar-refractivity contribution in [1.82, 2.24) is 15.1 Å². The first-order chi connectivity index (χ1) is 20.0. The van der Waals surface area contributed by atoms with Crippen molar-refractivity contribution in [2.45, 2.75) is 38.0 Å². The van der Waals surface area contributed by atoms with E-state index in [4.69, 9.17) is 9.84 Å². The van der Waals surface area contributed by atoms with Crippen molar-refractivity contribution in [3.05, 3.63) is 101 Å². The number of fused-ring (bicyclic) bond motifs is 1. The standard InChI is InChI=1S/C33H34N4O3S/c1-22-14-16-25(17-15-22)37-33-30(31(35-37)24-10-4-3-5-11-24)32(27-13-7-6-9-23(27)2)41-21-29(39)36(33)20-28(38)34-19-26-12-8-18-40-26/h3-7,9-11,13-17,26,32H,8,12,18-21H2,1-2H3,(H,34,38)/t26-,32+/m1/s1. The number of amides is 2. The first-order valence-electron chi connectivity index (χ1n) is 14.1. The fraction of sp³-hybridized carbons (Fsp3) is 0.303. The predicted octanol–water partition coefficient (Wildman–Crippen LogP) is 5.62. The zero-order valence-corrected chi connectivity index (χ0v) is 24.2. The van der Waals surface area contributed by atoms with Crippen LogP contribution in [0.1, 0.15) is 40.3 Å². The maximum absolute atomic E-state index is 13.9. The molecule has 0 bridgehead atoms. The summed E-state index contributed by atoms with van der Waals surface area (Å²) in [4.78, 5) is 28.8. The molecule has 2 aliphatic rings. The van der Waals surface area contributed by atoms with Crippen LogP contribution in [0.15, 0.2) is 78.9 Å². The Morgan fingerprint density at radius 2 is 1.78 bits per heavy atom. The topological polar surface area (TPSA) is 76.5 Å². The van der Waals surface area contributed by atoms with Crippen LogP contribution in [0.5, 0.6) is 0 Å². The van der Waals surface area contributed by atoms with Gasteiger partial charge in [0.25, 0.3) is 0 Å². The average Bonchev–Trinajstić information content (AvgIpc) is 3.62. The molecule has 6 rings (SSSR count). The van der Waals surface area contributed by atoms with Gasteiger partial charge in [0.05, 0.1) is 28.5 Å². The Morgan fingerprint density at radius 1 is 1.02 bits per heavy atom. The molecule has 0 radical (unpaired) electrons. The molecule has 1 fully saturated rings. The van der Waals surface area contributed by atoms with Gasteiger partial charge in [-0.3, -0.25) is 14.5 Å². The van der Waals surface area contributed by atoms with E-state index in [0.717, 1.165) is 58.6 Å². The summed E-state index contributed by atoms with van der Waals surface area (Å²) in [6.07, 6.45) is 1.96. The Hall–Kier alpha value is -3.88. The highest BCUT2D eigenvalue weighted by Crippen LogP contribution is 2.49. The first kappa shape index (κ1) is 27.3. The average molecular weight is 567 g/mol. The highest BCUT2D eigenvalue weighted by atomic mass is 32.2. The molecular weight excluding hydrogens is 532 g/mol. The summed E-state index contributed by atoms with van der Waals surface area (Å²) < 4.78 is 7.54. The molecule has 0 unspecified atom stereocenters. The summed E-state index contributed by atoms with van der Waals surface area (Å²) in [5.41, 5.74) is 6.96. The van der Waals surface area contributed by atoms with Crippen LogP contribution in [0.2, 0.25) is 0 Å². The number of hydrogen-bond acceptors (Lipinski definition) is 5. The molecule has 41 heavy (non-hydrogen) atoms. The Labute approximate surface area is 244 Å². The van der Waals surface area contributed by atoms with Gasteiger partial charge >= 0.3 is 0 Å². The monoisotopic (exact) mass is 566 g/mol. The fourth-order valence-electron chi connectivity index (χ4n) is 5.55. The van der Waals surface area contributed by atoms with Gasteiger partial charge in [-0.25, -0.2) is 4.68 Å². The lowest BCUT2D eigenvalue weighted by atomic mass is 9.97. The van der Waals surface area contributed by atoms with E-state index in [1.54, 1.807) is 16.7 Å². The molecule has 3 aromatic carbocycles. The molecule has 0 aliphatic carbocycles. The van der Waals surface area contributed by atoms with Crippen molar-refractivity contribution in [2.75, 3.05) is 30.3 Å². The van der Waals surface area contributed by atoms with Gasteiger partial charge in [0.2, 0.25) is 11.8 Å². The van der Waals surface area contributed by atoms with Crippen LogP contribution >= 0.6 is 11.8 Å². The molecule has 1 aromatic heterocycles. The third-order valence-electron chi connectivity index (χ3n) is 7.74. The molecule has 0 spiro atoms. The van der Waals surface area contributed by atoms with Crippen LogP contribution in [0.25, 0.3) is 16.9 Å². The number of nitrogens with one attached hydrogen (secondary N) is 1. The third-order valence-corrected chi connectivity index (χ3v) is 8.97. The molecule has 1 N–H and O–H groups in total. The number of nitrogens with zero attached hydrogens (tertiary/aromatic N) is 3. The van der Waals surface area contributed by atoms with E-state index in [9.17, 15) is 9.59 Å². The highest BCUT2D eigenvalue weighted by Gasteiger charge is 2.38. The summed E-state index contributed by atoms with van der Waals surface area (Å²) in [6.45, 7) is 5.23. The van der Waals surface area contributed by atoms with Crippen molar-refractivity contribution < 1.29 is 14.3 Å². The van der Waals surface area contributed by atoms with Crippen LogP contribution in [-0.4, -0.2) is 53.1 Å². The molecule has 2 aliphatic heterocycles. The van der Waals surface area contributed by atoms with Crippen molar-refractivity contribution in [2.24, 2.45) is 0 Å². The highest BCUT2D eigenvalue weighted by molar-refractivity contribution is 8.00. The van der Waals surface area contributed by atoms with E-state index in [0.29, 0.717) is 12.4 Å². The van der Waals surface area contributed by atoms with E-state index in [1.807, 2.05) is 78.3 Å².